The van der Waals surface area contributed by atoms with Gasteiger partial charge in [-0.3, -0.25) is 4.68 Å². The average Bonchev–Trinajstić information content (AvgIpc) is 2.96. The van der Waals surface area contributed by atoms with Gasteiger partial charge in [-0.15, -0.1) is 0 Å². The molecule has 2 unspecified atom stereocenters. The molecule has 0 radical (unpaired) electrons. The lowest BCUT2D eigenvalue weighted by atomic mass is 10.1. The first-order valence-electron chi connectivity index (χ1n) is 6.50. The van der Waals surface area contributed by atoms with Crippen LogP contribution >= 0.6 is 0 Å². The lowest BCUT2D eigenvalue weighted by molar-refractivity contribution is 0.128. The Morgan fingerprint density at radius 3 is 2.89 bits per heavy atom. The molecule has 0 aromatic carbocycles. The van der Waals surface area contributed by atoms with Crippen molar-refractivity contribution in [3.05, 3.63) is 41.6 Å². The van der Waals surface area contributed by atoms with Gasteiger partial charge in [0.15, 0.2) is 0 Å². The molecule has 2 rings (SSSR count). The third-order valence-electron chi connectivity index (χ3n) is 3.20. The molecule has 2 atom stereocenters. The number of aryl methyl sites for hydroxylation is 2. The van der Waals surface area contributed by atoms with Gasteiger partial charge in [0.1, 0.15) is 11.9 Å². The number of aliphatic hydroxyl groups excluding tert-OH is 1. The van der Waals surface area contributed by atoms with E-state index in [2.05, 4.69) is 17.3 Å². The standard InChI is InChI=1S/C14H21N3O2/c1-10(7-13(18)14-5-4-6-19-14)15-8-12-9-17(3)16-11(12)2/h4-6,9-10,13,15,18H,7-8H2,1-3H3. The molecule has 2 N–H and O–H groups in total. The number of nitrogens with zero attached hydrogens (tertiary/aromatic N) is 2. The topological polar surface area (TPSA) is 63.2 Å². The van der Waals surface area contributed by atoms with E-state index in [0.29, 0.717) is 12.2 Å². The number of furan rings is 1. The number of hydrogen-bond acceptors (Lipinski definition) is 4. The number of aromatic nitrogens is 2. The molecule has 5 nitrogen and oxygen atoms in total. The first kappa shape index (κ1) is 13.8. The van der Waals surface area contributed by atoms with Crippen LogP contribution in [0.25, 0.3) is 0 Å². The van der Waals surface area contributed by atoms with Gasteiger partial charge in [-0.05, 0) is 32.4 Å². The summed E-state index contributed by atoms with van der Waals surface area (Å²) in [4.78, 5) is 0. The van der Waals surface area contributed by atoms with Crippen LogP contribution in [-0.4, -0.2) is 20.9 Å². The lowest BCUT2D eigenvalue weighted by Gasteiger charge is -2.16. The Morgan fingerprint density at radius 1 is 1.53 bits per heavy atom. The molecule has 0 amide bonds. The summed E-state index contributed by atoms with van der Waals surface area (Å²) >= 11 is 0. The highest BCUT2D eigenvalue weighted by atomic mass is 16.4. The van der Waals surface area contributed by atoms with E-state index < -0.39 is 6.10 Å². The summed E-state index contributed by atoms with van der Waals surface area (Å²) in [6.45, 7) is 4.81. The molecule has 0 aliphatic carbocycles. The van der Waals surface area contributed by atoms with Crippen LogP contribution in [-0.2, 0) is 13.6 Å². The first-order chi connectivity index (χ1) is 9.06. The number of nitrogens with one attached hydrogen (secondary N) is 1. The zero-order valence-corrected chi connectivity index (χ0v) is 11.6. The van der Waals surface area contributed by atoms with E-state index >= 15 is 0 Å². The van der Waals surface area contributed by atoms with Crippen LogP contribution in [0.15, 0.2) is 29.0 Å². The minimum absolute atomic E-state index is 0.194. The number of hydrogen-bond donors (Lipinski definition) is 2. The van der Waals surface area contributed by atoms with Crippen LogP contribution in [0.1, 0.15) is 36.5 Å². The van der Waals surface area contributed by atoms with Crippen LogP contribution in [0, 0.1) is 6.92 Å². The second-order valence-corrected chi connectivity index (χ2v) is 4.96. The lowest BCUT2D eigenvalue weighted by Crippen LogP contribution is -2.27. The minimum atomic E-state index is -0.563. The van der Waals surface area contributed by atoms with Crippen molar-refractivity contribution in [2.45, 2.75) is 39.0 Å². The normalized spacial score (nSPS) is 14.5. The molecule has 5 heteroatoms. The maximum absolute atomic E-state index is 9.99. The van der Waals surface area contributed by atoms with E-state index in [1.165, 1.54) is 5.56 Å². The average molecular weight is 263 g/mol. The quantitative estimate of drug-likeness (QED) is 0.836. The predicted octanol–water partition coefficient (Wildman–Crippen LogP) is 1.92. The fourth-order valence-electron chi connectivity index (χ4n) is 2.12. The highest BCUT2D eigenvalue weighted by Crippen LogP contribution is 2.18. The molecule has 0 aliphatic heterocycles. The Kier molecular flexibility index (Phi) is 4.39. The molecule has 2 aromatic rings. The van der Waals surface area contributed by atoms with Crippen molar-refractivity contribution >= 4 is 0 Å². The molecule has 2 heterocycles. The fraction of sp³-hybridized carbons (Fsp3) is 0.500. The molecule has 19 heavy (non-hydrogen) atoms. The van der Waals surface area contributed by atoms with E-state index in [9.17, 15) is 5.11 Å². The summed E-state index contributed by atoms with van der Waals surface area (Å²) < 4.78 is 7.00. The molecule has 0 bridgehead atoms. The van der Waals surface area contributed by atoms with Crippen molar-refractivity contribution < 1.29 is 9.52 Å². The molecule has 0 saturated carbocycles. The zero-order valence-electron chi connectivity index (χ0n) is 11.6. The molecular weight excluding hydrogens is 242 g/mol. The minimum Gasteiger partial charge on any atom is -0.467 e. The van der Waals surface area contributed by atoms with E-state index in [4.69, 9.17) is 4.42 Å². The van der Waals surface area contributed by atoms with Gasteiger partial charge in [-0.25, -0.2) is 0 Å². The van der Waals surface area contributed by atoms with Crippen molar-refractivity contribution in [3.63, 3.8) is 0 Å². The second-order valence-electron chi connectivity index (χ2n) is 4.96. The summed E-state index contributed by atoms with van der Waals surface area (Å²) in [7, 11) is 1.92. The van der Waals surface area contributed by atoms with Gasteiger partial charge >= 0.3 is 0 Å². The van der Waals surface area contributed by atoms with Gasteiger partial charge in [0, 0.05) is 31.4 Å². The fourth-order valence-corrected chi connectivity index (χ4v) is 2.12. The smallest absolute Gasteiger partial charge is 0.132 e. The number of aliphatic hydroxyl groups is 1. The maximum Gasteiger partial charge on any atom is 0.132 e. The Bertz CT molecular complexity index is 505. The molecule has 0 spiro atoms. The largest absolute Gasteiger partial charge is 0.467 e. The van der Waals surface area contributed by atoms with Gasteiger partial charge < -0.3 is 14.8 Å². The van der Waals surface area contributed by atoms with Gasteiger partial charge in [-0.1, -0.05) is 0 Å². The van der Waals surface area contributed by atoms with Crippen LogP contribution in [0.5, 0.6) is 0 Å². The summed E-state index contributed by atoms with van der Waals surface area (Å²) in [6, 6.07) is 3.78. The SMILES string of the molecule is Cc1nn(C)cc1CNC(C)CC(O)c1ccco1. The Hall–Kier alpha value is -1.59. The third-order valence-corrected chi connectivity index (χ3v) is 3.20. The monoisotopic (exact) mass is 263 g/mol. The Morgan fingerprint density at radius 2 is 2.32 bits per heavy atom. The van der Waals surface area contributed by atoms with Gasteiger partial charge in [0.05, 0.1) is 12.0 Å². The van der Waals surface area contributed by atoms with Crippen LogP contribution in [0.4, 0.5) is 0 Å². The van der Waals surface area contributed by atoms with Gasteiger partial charge in [0.25, 0.3) is 0 Å². The van der Waals surface area contributed by atoms with Crippen molar-refractivity contribution in [2.24, 2.45) is 7.05 Å². The molecule has 0 aliphatic rings. The van der Waals surface area contributed by atoms with E-state index in [0.717, 1.165) is 12.2 Å². The second kappa shape index (κ2) is 6.04. The molecule has 0 fully saturated rings. The number of rotatable bonds is 6. The summed E-state index contributed by atoms with van der Waals surface area (Å²) in [6.07, 6.45) is 3.65. The maximum atomic E-state index is 9.99. The van der Waals surface area contributed by atoms with Crippen LogP contribution < -0.4 is 5.32 Å². The summed E-state index contributed by atoms with van der Waals surface area (Å²) in [5, 5.41) is 17.7. The Balaban J connectivity index is 1.81. The Labute approximate surface area is 113 Å². The zero-order chi connectivity index (χ0) is 13.8. The van der Waals surface area contributed by atoms with Crippen molar-refractivity contribution in [3.8, 4) is 0 Å². The molecular formula is C14H21N3O2. The molecule has 0 saturated heterocycles. The van der Waals surface area contributed by atoms with E-state index in [-0.39, 0.29) is 6.04 Å². The van der Waals surface area contributed by atoms with Gasteiger partial charge in [-0.2, -0.15) is 5.10 Å². The van der Waals surface area contributed by atoms with Gasteiger partial charge in [0.2, 0.25) is 0 Å². The van der Waals surface area contributed by atoms with Crippen LogP contribution in [0.2, 0.25) is 0 Å². The summed E-state index contributed by atoms with van der Waals surface area (Å²) in [5.41, 5.74) is 2.22. The highest BCUT2D eigenvalue weighted by Gasteiger charge is 2.14. The predicted molar refractivity (Wildman–Crippen MR) is 72.5 cm³/mol. The van der Waals surface area contributed by atoms with Crippen molar-refractivity contribution in [1.29, 1.82) is 0 Å². The third kappa shape index (κ3) is 3.68. The highest BCUT2D eigenvalue weighted by molar-refractivity contribution is 5.14. The van der Waals surface area contributed by atoms with Crippen LogP contribution in [0.3, 0.4) is 0 Å². The molecule has 104 valence electrons. The van der Waals surface area contributed by atoms with E-state index in [1.54, 1.807) is 18.4 Å². The van der Waals surface area contributed by atoms with Crippen molar-refractivity contribution in [1.82, 2.24) is 15.1 Å². The van der Waals surface area contributed by atoms with E-state index in [1.807, 2.05) is 24.9 Å². The van der Waals surface area contributed by atoms with Crippen molar-refractivity contribution in [2.75, 3.05) is 0 Å². The molecule has 2 aromatic heterocycles. The summed E-state index contributed by atoms with van der Waals surface area (Å²) in [5.74, 6) is 0.617. The first-order valence-corrected chi connectivity index (χ1v) is 6.50.